The minimum atomic E-state index is -0.566. The molecule has 2 rings (SSSR count). The SMILES string of the molecule is O=C(NCCNCC(O)COc1ccccc1)C1CCCCC1. The number of ether oxygens (including phenoxy) is 1. The van der Waals surface area contributed by atoms with Crippen LogP contribution in [-0.4, -0.2) is 43.4 Å². The molecular weight excluding hydrogens is 292 g/mol. The van der Waals surface area contributed by atoms with Gasteiger partial charge < -0.3 is 20.5 Å². The summed E-state index contributed by atoms with van der Waals surface area (Å²) in [7, 11) is 0. The van der Waals surface area contributed by atoms with Crippen molar-refractivity contribution in [2.45, 2.75) is 38.2 Å². The molecule has 1 fully saturated rings. The van der Waals surface area contributed by atoms with E-state index in [1.54, 1.807) is 0 Å². The third kappa shape index (κ3) is 7.01. The fourth-order valence-electron chi connectivity index (χ4n) is 2.82. The number of benzene rings is 1. The monoisotopic (exact) mass is 320 g/mol. The van der Waals surface area contributed by atoms with Gasteiger partial charge in [-0.1, -0.05) is 37.5 Å². The topological polar surface area (TPSA) is 70.6 Å². The number of aliphatic hydroxyl groups is 1. The van der Waals surface area contributed by atoms with E-state index in [1.807, 2.05) is 30.3 Å². The Bertz CT molecular complexity index is 447. The Hall–Kier alpha value is -1.59. The first-order valence-electron chi connectivity index (χ1n) is 8.60. The first kappa shape index (κ1) is 17.8. The van der Waals surface area contributed by atoms with Gasteiger partial charge >= 0.3 is 0 Å². The van der Waals surface area contributed by atoms with E-state index in [0.717, 1.165) is 18.6 Å². The molecule has 1 aliphatic rings. The maximum Gasteiger partial charge on any atom is 0.223 e. The first-order chi connectivity index (χ1) is 11.3. The van der Waals surface area contributed by atoms with E-state index in [0.29, 0.717) is 19.6 Å². The molecule has 1 amide bonds. The summed E-state index contributed by atoms with van der Waals surface area (Å²) in [6.07, 6.45) is 5.08. The first-order valence-corrected chi connectivity index (χ1v) is 8.60. The predicted octanol–water partition coefficient (Wildman–Crippen LogP) is 1.71. The van der Waals surface area contributed by atoms with E-state index in [4.69, 9.17) is 4.74 Å². The van der Waals surface area contributed by atoms with Crippen LogP contribution in [-0.2, 0) is 4.79 Å². The van der Waals surface area contributed by atoms with Crippen LogP contribution in [0.25, 0.3) is 0 Å². The number of hydrogen-bond donors (Lipinski definition) is 3. The van der Waals surface area contributed by atoms with Gasteiger partial charge in [0.05, 0.1) is 0 Å². The summed E-state index contributed by atoms with van der Waals surface area (Å²) in [5, 5.41) is 16.0. The van der Waals surface area contributed by atoms with Gasteiger partial charge in [0.2, 0.25) is 5.91 Å². The third-order valence-electron chi connectivity index (χ3n) is 4.14. The minimum absolute atomic E-state index is 0.180. The molecule has 3 N–H and O–H groups in total. The molecule has 0 saturated heterocycles. The quantitative estimate of drug-likeness (QED) is 0.606. The molecule has 1 unspecified atom stereocenters. The Morgan fingerprint density at radius 3 is 2.65 bits per heavy atom. The molecule has 1 aromatic rings. The predicted molar refractivity (Wildman–Crippen MR) is 90.4 cm³/mol. The third-order valence-corrected chi connectivity index (χ3v) is 4.14. The van der Waals surface area contributed by atoms with Crippen LogP contribution in [0.2, 0.25) is 0 Å². The molecule has 0 spiro atoms. The van der Waals surface area contributed by atoms with Crippen molar-refractivity contribution in [2.24, 2.45) is 5.92 Å². The molecule has 0 bridgehead atoms. The van der Waals surface area contributed by atoms with Crippen molar-refractivity contribution in [3.63, 3.8) is 0 Å². The van der Waals surface area contributed by atoms with Crippen LogP contribution in [0.5, 0.6) is 5.75 Å². The van der Waals surface area contributed by atoms with Crippen molar-refractivity contribution in [1.82, 2.24) is 10.6 Å². The molecule has 1 aliphatic carbocycles. The maximum absolute atomic E-state index is 11.9. The van der Waals surface area contributed by atoms with Crippen molar-refractivity contribution in [3.8, 4) is 5.75 Å². The van der Waals surface area contributed by atoms with Crippen molar-refractivity contribution < 1.29 is 14.6 Å². The lowest BCUT2D eigenvalue weighted by molar-refractivity contribution is -0.125. The van der Waals surface area contributed by atoms with Crippen molar-refractivity contribution >= 4 is 5.91 Å². The highest BCUT2D eigenvalue weighted by molar-refractivity contribution is 5.78. The molecule has 1 aromatic carbocycles. The lowest BCUT2D eigenvalue weighted by Gasteiger charge is -2.20. The Morgan fingerprint density at radius 2 is 1.91 bits per heavy atom. The number of carbonyl (C=O) groups excluding carboxylic acids is 1. The van der Waals surface area contributed by atoms with Gasteiger partial charge in [-0.05, 0) is 25.0 Å². The second kappa shape index (κ2) is 10.2. The van der Waals surface area contributed by atoms with Gasteiger partial charge in [0.1, 0.15) is 18.5 Å². The summed E-state index contributed by atoms with van der Waals surface area (Å²) in [6.45, 7) is 1.96. The zero-order valence-corrected chi connectivity index (χ0v) is 13.7. The number of carbonyl (C=O) groups is 1. The number of rotatable bonds is 9. The highest BCUT2D eigenvalue weighted by atomic mass is 16.5. The van der Waals surface area contributed by atoms with Gasteiger partial charge in [0.25, 0.3) is 0 Å². The lowest BCUT2D eigenvalue weighted by Crippen LogP contribution is -2.39. The average Bonchev–Trinajstić information content (AvgIpc) is 2.61. The molecule has 1 atom stereocenters. The number of para-hydroxylation sites is 1. The molecule has 128 valence electrons. The highest BCUT2D eigenvalue weighted by Gasteiger charge is 2.20. The molecule has 0 aromatic heterocycles. The smallest absolute Gasteiger partial charge is 0.223 e. The normalized spacial score (nSPS) is 16.7. The van der Waals surface area contributed by atoms with Gasteiger partial charge in [0, 0.05) is 25.6 Å². The van der Waals surface area contributed by atoms with Gasteiger partial charge in [-0.2, -0.15) is 0 Å². The van der Waals surface area contributed by atoms with Crippen LogP contribution in [0.1, 0.15) is 32.1 Å². The van der Waals surface area contributed by atoms with E-state index in [2.05, 4.69) is 10.6 Å². The van der Waals surface area contributed by atoms with Crippen molar-refractivity contribution in [1.29, 1.82) is 0 Å². The Balaban J connectivity index is 1.48. The molecule has 23 heavy (non-hydrogen) atoms. The fourth-order valence-corrected chi connectivity index (χ4v) is 2.82. The van der Waals surface area contributed by atoms with Crippen LogP contribution >= 0.6 is 0 Å². The van der Waals surface area contributed by atoms with E-state index in [-0.39, 0.29) is 18.4 Å². The summed E-state index contributed by atoms with van der Waals surface area (Å²) >= 11 is 0. The molecule has 0 heterocycles. The van der Waals surface area contributed by atoms with Crippen molar-refractivity contribution in [2.75, 3.05) is 26.2 Å². The zero-order chi connectivity index (χ0) is 16.3. The number of nitrogens with one attached hydrogen (secondary N) is 2. The summed E-state index contributed by atoms with van der Waals surface area (Å²) < 4.78 is 5.48. The second-order valence-electron chi connectivity index (χ2n) is 6.11. The molecule has 1 saturated carbocycles. The summed E-state index contributed by atoms with van der Waals surface area (Å²) in [4.78, 5) is 11.9. The number of aliphatic hydroxyl groups excluding tert-OH is 1. The zero-order valence-electron chi connectivity index (χ0n) is 13.7. The Labute approximate surface area is 138 Å². The summed E-state index contributed by atoms with van der Waals surface area (Å²) in [5.41, 5.74) is 0. The number of hydrogen-bond acceptors (Lipinski definition) is 4. The van der Waals surface area contributed by atoms with Crippen molar-refractivity contribution in [3.05, 3.63) is 30.3 Å². The molecule has 5 nitrogen and oxygen atoms in total. The summed E-state index contributed by atoms with van der Waals surface area (Å²) in [6, 6.07) is 9.44. The van der Waals surface area contributed by atoms with Gasteiger partial charge in [-0.25, -0.2) is 0 Å². The average molecular weight is 320 g/mol. The molecule has 0 radical (unpaired) electrons. The highest BCUT2D eigenvalue weighted by Crippen LogP contribution is 2.23. The lowest BCUT2D eigenvalue weighted by atomic mass is 9.89. The van der Waals surface area contributed by atoms with Crippen LogP contribution < -0.4 is 15.4 Å². The van der Waals surface area contributed by atoms with Gasteiger partial charge in [0.15, 0.2) is 0 Å². The van der Waals surface area contributed by atoms with Crippen LogP contribution in [0, 0.1) is 5.92 Å². The Kier molecular flexibility index (Phi) is 7.90. The van der Waals surface area contributed by atoms with Crippen LogP contribution in [0.3, 0.4) is 0 Å². The summed E-state index contributed by atoms with van der Waals surface area (Å²) in [5.74, 6) is 1.14. The van der Waals surface area contributed by atoms with E-state index < -0.39 is 6.10 Å². The molecule has 5 heteroatoms. The minimum Gasteiger partial charge on any atom is -0.491 e. The maximum atomic E-state index is 11.9. The second-order valence-corrected chi connectivity index (χ2v) is 6.11. The largest absolute Gasteiger partial charge is 0.491 e. The fraction of sp³-hybridized carbons (Fsp3) is 0.611. The molecule has 0 aliphatic heterocycles. The van der Waals surface area contributed by atoms with E-state index >= 15 is 0 Å². The van der Waals surface area contributed by atoms with Crippen LogP contribution in [0.4, 0.5) is 0 Å². The van der Waals surface area contributed by atoms with Crippen LogP contribution in [0.15, 0.2) is 30.3 Å². The standard InChI is InChI=1S/C18H28N2O3/c21-16(14-23-17-9-5-2-6-10-17)13-19-11-12-20-18(22)15-7-3-1-4-8-15/h2,5-6,9-10,15-16,19,21H,1,3-4,7-8,11-14H2,(H,20,22). The van der Waals surface area contributed by atoms with Gasteiger partial charge in [-0.15, -0.1) is 0 Å². The van der Waals surface area contributed by atoms with E-state index in [1.165, 1.54) is 19.3 Å². The van der Waals surface area contributed by atoms with Gasteiger partial charge in [-0.3, -0.25) is 4.79 Å². The van der Waals surface area contributed by atoms with E-state index in [9.17, 15) is 9.90 Å². The molecular formula is C18H28N2O3. The number of amides is 1. The Morgan fingerprint density at radius 1 is 1.17 bits per heavy atom.